The smallest absolute Gasteiger partial charge is 0.125 e. The van der Waals surface area contributed by atoms with Gasteiger partial charge >= 0.3 is 0 Å². The second-order valence-electron chi connectivity index (χ2n) is 5.19. The number of rotatable bonds is 4. The van der Waals surface area contributed by atoms with Crippen LogP contribution in [0.5, 0.6) is 0 Å². The van der Waals surface area contributed by atoms with Crippen molar-refractivity contribution in [1.82, 2.24) is 9.55 Å². The minimum absolute atomic E-state index is 0.486. The summed E-state index contributed by atoms with van der Waals surface area (Å²) in [5.74, 6) is 2.41. The van der Waals surface area contributed by atoms with Gasteiger partial charge in [0.05, 0.1) is 16.9 Å². The Kier molecular flexibility index (Phi) is 3.54. The summed E-state index contributed by atoms with van der Waals surface area (Å²) in [4.78, 5) is 4.67. The molecule has 1 unspecified atom stereocenters. The van der Waals surface area contributed by atoms with Crippen molar-refractivity contribution in [3.8, 4) is 0 Å². The molecule has 1 heterocycles. The zero-order chi connectivity index (χ0) is 12.7. The Labute approximate surface area is 126 Å². The van der Waals surface area contributed by atoms with Crippen LogP contribution in [0, 0.1) is 9.49 Å². The maximum Gasteiger partial charge on any atom is 0.125 e. The molecular formula is C14H16ClIN2. The van der Waals surface area contributed by atoms with Gasteiger partial charge < -0.3 is 4.57 Å². The van der Waals surface area contributed by atoms with E-state index in [4.69, 9.17) is 11.6 Å². The molecule has 1 aromatic heterocycles. The van der Waals surface area contributed by atoms with E-state index < -0.39 is 0 Å². The molecule has 96 valence electrons. The fourth-order valence-corrected chi connectivity index (χ4v) is 3.31. The lowest BCUT2D eigenvalue weighted by molar-refractivity contribution is 0.477. The van der Waals surface area contributed by atoms with Gasteiger partial charge in [-0.1, -0.05) is 12.8 Å². The van der Waals surface area contributed by atoms with Crippen LogP contribution in [0.25, 0.3) is 11.0 Å². The van der Waals surface area contributed by atoms with E-state index in [-0.39, 0.29) is 0 Å². The van der Waals surface area contributed by atoms with Crippen molar-refractivity contribution >= 4 is 45.2 Å². The van der Waals surface area contributed by atoms with Crippen LogP contribution in [0.4, 0.5) is 0 Å². The van der Waals surface area contributed by atoms with Gasteiger partial charge in [-0.2, -0.15) is 0 Å². The van der Waals surface area contributed by atoms with Crippen LogP contribution in [0.3, 0.4) is 0 Å². The van der Waals surface area contributed by atoms with Crippen LogP contribution in [-0.4, -0.2) is 9.55 Å². The molecular weight excluding hydrogens is 359 g/mol. The number of hydrogen-bond acceptors (Lipinski definition) is 1. The van der Waals surface area contributed by atoms with Gasteiger partial charge in [0.15, 0.2) is 0 Å². The van der Waals surface area contributed by atoms with Gasteiger partial charge in [-0.05, 0) is 60.1 Å². The van der Waals surface area contributed by atoms with Crippen LogP contribution in [0.15, 0.2) is 18.2 Å². The first-order chi connectivity index (χ1) is 8.69. The summed E-state index contributed by atoms with van der Waals surface area (Å²) in [6.45, 7) is 2.29. The van der Waals surface area contributed by atoms with E-state index in [1.807, 2.05) is 0 Å². The summed E-state index contributed by atoms with van der Waals surface area (Å²) in [5.41, 5.74) is 2.29. The second kappa shape index (κ2) is 5.00. The molecule has 0 aliphatic heterocycles. The summed E-state index contributed by atoms with van der Waals surface area (Å²) in [6, 6.07) is 6.94. The first-order valence-corrected chi connectivity index (χ1v) is 8.02. The maximum atomic E-state index is 6.05. The van der Waals surface area contributed by atoms with Gasteiger partial charge in [0.2, 0.25) is 0 Å². The lowest BCUT2D eigenvalue weighted by Crippen LogP contribution is -2.09. The minimum Gasteiger partial charge on any atom is -0.324 e. The summed E-state index contributed by atoms with van der Waals surface area (Å²) in [5, 5.41) is 0. The number of fused-ring (bicyclic) bond motifs is 1. The molecule has 1 saturated carbocycles. The van der Waals surface area contributed by atoms with Crippen molar-refractivity contribution in [2.24, 2.45) is 5.92 Å². The lowest BCUT2D eigenvalue weighted by Gasteiger charge is -2.16. The number of aromatic nitrogens is 2. The Bertz CT molecular complexity index is 574. The molecule has 1 aliphatic rings. The summed E-state index contributed by atoms with van der Waals surface area (Å²) in [7, 11) is 0. The van der Waals surface area contributed by atoms with Gasteiger partial charge in [0, 0.05) is 9.61 Å². The molecule has 2 nitrogen and oxygen atoms in total. The standard InChI is InChI=1S/C14H16ClIN2/c1-9(6-10-2-3-10)18-13-5-4-11(16)7-12(13)17-14(18)8-15/h4-5,7,9-10H,2-3,6,8H2,1H3. The van der Waals surface area contributed by atoms with Crippen molar-refractivity contribution in [3.05, 3.63) is 27.6 Å². The Morgan fingerprint density at radius 3 is 2.94 bits per heavy atom. The minimum atomic E-state index is 0.486. The molecule has 0 radical (unpaired) electrons. The van der Waals surface area contributed by atoms with Crippen LogP contribution in [-0.2, 0) is 5.88 Å². The number of benzene rings is 1. The summed E-state index contributed by atoms with van der Waals surface area (Å²) >= 11 is 8.38. The highest BCUT2D eigenvalue weighted by molar-refractivity contribution is 14.1. The average molecular weight is 375 g/mol. The van der Waals surface area contributed by atoms with E-state index in [9.17, 15) is 0 Å². The molecule has 2 aromatic rings. The van der Waals surface area contributed by atoms with Crippen LogP contribution < -0.4 is 0 Å². The highest BCUT2D eigenvalue weighted by atomic mass is 127. The normalized spacial score (nSPS) is 17.3. The number of alkyl halides is 1. The number of nitrogens with zero attached hydrogens (tertiary/aromatic N) is 2. The third kappa shape index (κ3) is 2.39. The fourth-order valence-electron chi connectivity index (χ4n) is 2.65. The molecule has 0 N–H and O–H groups in total. The topological polar surface area (TPSA) is 17.8 Å². The second-order valence-corrected chi connectivity index (χ2v) is 6.71. The Morgan fingerprint density at radius 2 is 2.28 bits per heavy atom. The number of imidazole rings is 1. The zero-order valence-corrected chi connectivity index (χ0v) is 13.3. The van der Waals surface area contributed by atoms with Gasteiger partial charge in [-0.15, -0.1) is 11.6 Å². The molecule has 0 bridgehead atoms. The lowest BCUT2D eigenvalue weighted by atomic mass is 10.1. The third-order valence-electron chi connectivity index (χ3n) is 3.66. The van der Waals surface area contributed by atoms with Crippen molar-refractivity contribution in [2.45, 2.75) is 38.1 Å². The molecule has 1 atom stereocenters. The van der Waals surface area contributed by atoms with E-state index in [2.05, 4.69) is 57.3 Å². The van der Waals surface area contributed by atoms with E-state index in [0.29, 0.717) is 11.9 Å². The molecule has 0 saturated heterocycles. The summed E-state index contributed by atoms with van der Waals surface area (Å²) in [6.07, 6.45) is 4.04. The van der Waals surface area contributed by atoms with E-state index in [1.54, 1.807) is 0 Å². The van der Waals surface area contributed by atoms with Crippen molar-refractivity contribution in [2.75, 3.05) is 0 Å². The maximum absolute atomic E-state index is 6.05. The first kappa shape index (κ1) is 12.7. The molecule has 1 aromatic carbocycles. The van der Waals surface area contributed by atoms with Gasteiger partial charge in [-0.3, -0.25) is 0 Å². The molecule has 3 rings (SSSR count). The van der Waals surface area contributed by atoms with Gasteiger partial charge in [0.25, 0.3) is 0 Å². The third-order valence-corrected chi connectivity index (χ3v) is 4.57. The van der Waals surface area contributed by atoms with Gasteiger partial charge in [0.1, 0.15) is 5.82 Å². The van der Waals surface area contributed by atoms with E-state index in [1.165, 1.54) is 28.3 Å². The largest absolute Gasteiger partial charge is 0.324 e. The predicted molar refractivity (Wildman–Crippen MR) is 84.1 cm³/mol. The fraction of sp³-hybridized carbons (Fsp3) is 0.500. The molecule has 1 aliphatic carbocycles. The van der Waals surface area contributed by atoms with Crippen LogP contribution >= 0.6 is 34.2 Å². The van der Waals surface area contributed by atoms with Crippen molar-refractivity contribution in [3.63, 3.8) is 0 Å². The average Bonchev–Trinajstić information content (AvgIpc) is 3.07. The van der Waals surface area contributed by atoms with Gasteiger partial charge in [-0.25, -0.2) is 4.98 Å². The number of hydrogen-bond donors (Lipinski definition) is 0. The Balaban J connectivity index is 2.06. The highest BCUT2D eigenvalue weighted by Crippen LogP contribution is 2.38. The number of halogens is 2. The predicted octanol–water partition coefficient (Wildman–Crippen LogP) is 4.74. The monoisotopic (exact) mass is 374 g/mol. The highest BCUT2D eigenvalue weighted by Gasteiger charge is 2.26. The Hall–Kier alpha value is -0.290. The van der Waals surface area contributed by atoms with Crippen LogP contribution in [0.1, 0.15) is 38.1 Å². The first-order valence-electron chi connectivity index (χ1n) is 6.41. The molecule has 0 spiro atoms. The van der Waals surface area contributed by atoms with Crippen LogP contribution in [0.2, 0.25) is 0 Å². The SMILES string of the molecule is CC(CC1CC1)n1c(CCl)nc2cc(I)ccc21. The zero-order valence-electron chi connectivity index (χ0n) is 10.4. The Morgan fingerprint density at radius 1 is 1.50 bits per heavy atom. The molecule has 1 fully saturated rings. The molecule has 4 heteroatoms. The molecule has 0 amide bonds. The summed E-state index contributed by atoms with van der Waals surface area (Å²) < 4.78 is 3.55. The van der Waals surface area contributed by atoms with Crippen molar-refractivity contribution < 1.29 is 0 Å². The molecule has 18 heavy (non-hydrogen) atoms. The van der Waals surface area contributed by atoms with E-state index in [0.717, 1.165) is 17.3 Å². The van der Waals surface area contributed by atoms with Crippen molar-refractivity contribution in [1.29, 1.82) is 0 Å². The van der Waals surface area contributed by atoms with E-state index >= 15 is 0 Å². The quantitative estimate of drug-likeness (QED) is 0.558.